The average molecular weight is 228 g/mol. The van der Waals surface area contributed by atoms with Crippen molar-refractivity contribution >= 4 is 5.71 Å². The van der Waals surface area contributed by atoms with Gasteiger partial charge in [-0.25, -0.2) is 0 Å². The van der Waals surface area contributed by atoms with Crippen LogP contribution in [0.2, 0.25) is 0 Å². The van der Waals surface area contributed by atoms with Crippen LogP contribution in [0.4, 0.5) is 0 Å². The lowest BCUT2D eigenvalue weighted by atomic mass is 9.86. The normalized spacial score (nSPS) is 29.8. The molecule has 3 saturated heterocycles. The van der Waals surface area contributed by atoms with Crippen molar-refractivity contribution in [3.05, 3.63) is 35.4 Å². The van der Waals surface area contributed by atoms with Gasteiger partial charge in [-0.15, -0.1) is 0 Å². The minimum Gasteiger partial charge on any atom is -0.298 e. The van der Waals surface area contributed by atoms with Gasteiger partial charge in [-0.05, 0) is 44.0 Å². The number of piperidine rings is 3. The first-order chi connectivity index (χ1) is 8.33. The number of benzene rings is 1. The Balaban J connectivity index is 1.73. The first kappa shape index (κ1) is 11.0. The van der Waals surface area contributed by atoms with Crippen LogP contribution in [0.15, 0.2) is 29.3 Å². The quantitative estimate of drug-likeness (QED) is 0.760. The predicted molar refractivity (Wildman–Crippen MR) is 71.5 cm³/mol. The summed E-state index contributed by atoms with van der Waals surface area (Å²) in [6, 6.07) is 8.58. The monoisotopic (exact) mass is 228 g/mol. The largest absolute Gasteiger partial charge is 0.298 e. The predicted octanol–water partition coefficient (Wildman–Crippen LogP) is 2.66. The van der Waals surface area contributed by atoms with Crippen LogP contribution in [0.1, 0.15) is 24.0 Å². The van der Waals surface area contributed by atoms with E-state index < -0.39 is 0 Å². The van der Waals surface area contributed by atoms with Crippen LogP contribution in [-0.4, -0.2) is 30.2 Å². The zero-order valence-corrected chi connectivity index (χ0v) is 10.5. The number of aryl methyl sites for hydroxylation is 1. The molecule has 2 bridgehead atoms. The van der Waals surface area contributed by atoms with Crippen molar-refractivity contribution in [1.82, 2.24) is 4.90 Å². The molecule has 0 radical (unpaired) electrons. The summed E-state index contributed by atoms with van der Waals surface area (Å²) in [5.74, 6) is 0.781. The third-order valence-corrected chi connectivity index (χ3v) is 4.16. The van der Waals surface area contributed by atoms with Crippen LogP contribution in [-0.2, 0) is 6.54 Å². The van der Waals surface area contributed by atoms with Crippen molar-refractivity contribution in [2.75, 3.05) is 19.6 Å². The van der Waals surface area contributed by atoms with Gasteiger partial charge < -0.3 is 0 Å². The number of aliphatic imine (C=N–C) groups is 1. The van der Waals surface area contributed by atoms with E-state index in [0.717, 1.165) is 19.0 Å². The Hall–Kier alpha value is -1.15. The first-order valence-corrected chi connectivity index (χ1v) is 6.63. The minimum absolute atomic E-state index is 0.781. The van der Waals surface area contributed by atoms with E-state index in [2.05, 4.69) is 36.1 Å². The van der Waals surface area contributed by atoms with Crippen molar-refractivity contribution in [2.24, 2.45) is 10.9 Å². The van der Waals surface area contributed by atoms with Crippen molar-refractivity contribution in [3.63, 3.8) is 0 Å². The highest BCUT2D eigenvalue weighted by Gasteiger charge is 2.30. The zero-order chi connectivity index (χ0) is 11.7. The van der Waals surface area contributed by atoms with Crippen LogP contribution in [0.5, 0.6) is 0 Å². The van der Waals surface area contributed by atoms with E-state index in [1.54, 1.807) is 0 Å². The Morgan fingerprint density at radius 1 is 1.24 bits per heavy atom. The maximum absolute atomic E-state index is 4.87. The molecular weight excluding hydrogens is 208 g/mol. The Labute approximate surface area is 103 Å². The molecule has 3 fully saturated rings. The fraction of sp³-hybridized carbons (Fsp3) is 0.533. The van der Waals surface area contributed by atoms with Crippen LogP contribution in [0.25, 0.3) is 0 Å². The van der Waals surface area contributed by atoms with Gasteiger partial charge in [0.1, 0.15) is 0 Å². The molecule has 1 aromatic rings. The maximum Gasteiger partial charge on any atom is 0.0642 e. The Bertz CT molecular complexity index is 428. The molecule has 3 aliphatic rings. The Morgan fingerprint density at radius 2 is 2.00 bits per heavy atom. The molecule has 90 valence electrons. The summed E-state index contributed by atoms with van der Waals surface area (Å²) in [4.78, 5) is 7.41. The standard InChI is InChI=1S/C15H20N2/c1-12-4-2-3-5-14(12)10-16-15-11-17-8-6-13(15)7-9-17/h2-5,13H,6-11H2,1H3. The highest BCUT2D eigenvalue weighted by atomic mass is 15.2. The summed E-state index contributed by atoms with van der Waals surface area (Å²) in [6.07, 6.45) is 2.65. The van der Waals surface area contributed by atoms with Crippen molar-refractivity contribution < 1.29 is 0 Å². The molecule has 1 aromatic carbocycles. The van der Waals surface area contributed by atoms with Gasteiger partial charge in [0, 0.05) is 18.2 Å². The lowest BCUT2D eigenvalue weighted by Gasteiger charge is -2.40. The molecule has 0 aromatic heterocycles. The van der Waals surface area contributed by atoms with Gasteiger partial charge in [0.15, 0.2) is 0 Å². The smallest absolute Gasteiger partial charge is 0.0642 e. The van der Waals surface area contributed by atoms with Gasteiger partial charge in [0.25, 0.3) is 0 Å². The second-order valence-corrected chi connectivity index (χ2v) is 5.28. The minimum atomic E-state index is 0.781. The lowest BCUT2D eigenvalue weighted by Crippen LogP contribution is -2.47. The van der Waals surface area contributed by atoms with Crippen LogP contribution >= 0.6 is 0 Å². The molecule has 0 spiro atoms. The van der Waals surface area contributed by atoms with Crippen LogP contribution in [0, 0.1) is 12.8 Å². The molecule has 0 saturated carbocycles. The molecule has 17 heavy (non-hydrogen) atoms. The van der Waals surface area contributed by atoms with E-state index in [1.807, 2.05) is 0 Å². The lowest BCUT2D eigenvalue weighted by molar-refractivity contribution is 0.200. The fourth-order valence-corrected chi connectivity index (χ4v) is 2.94. The SMILES string of the molecule is Cc1ccccc1CN=C1CN2CCC1CC2. The third kappa shape index (κ3) is 2.27. The molecule has 4 rings (SSSR count). The van der Waals surface area contributed by atoms with Crippen LogP contribution in [0.3, 0.4) is 0 Å². The fourth-order valence-electron chi connectivity index (χ4n) is 2.94. The topological polar surface area (TPSA) is 15.6 Å². The Morgan fingerprint density at radius 3 is 2.65 bits per heavy atom. The number of hydrogen-bond acceptors (Lipinski definition) is 2. The van der Waals surface area contributed by atoms with Crippen molar-refractivity contribution in [2.45, 2.75) is 26.3 Å². The maximum atomic E-state index is 4.87. The van der Waals surface area contributed by atoms with Gasteiger partial charge in [-0.2, -0.15) is 0 Å². The molecule has 0 aliphatic carbocycles. The summed E-state index contributed by atoms with van der Waals surface area (Å²) in [5, 5.41) is 0. The highest BCUT2D eigenvalue weighted by molar-refractivity contribution is 5.90. The van der Waals surface area contributed by atoms with Gasteiger partial charge in [0.05, 0.1) is 6.54 Å². The molecule has 3 heterocycles. The molecule has 0 amide bonds. The van der Waals surface area contributed by atoms with Gasteiger partial charge in [0.2, 0.25) is 0 Å². The first-order valence-electron chi connectivity index (χ1n) is 6.63. The molecule has 2 heteroatoms. The number of fused-ring (bicyclic) bond motifs is 3. The molecule has 3 aliphatic heterocycles. The zero-order valence-electron chi connectivity index (χ0n) is 10.5. The summed E-state index contributed by atoms with van der Waals surface area (Å²) < 4.78 is 0. The number of rotatable bonds is 2. The van der Waals surface area contributed by atoms with E-state index in [-0.39, 0.29) is 0 Å². The van der Waals surface area contributed by atoms with E-state index in [0.29, 0.717) is 0 Å². The summed E-state index contributed by atoms with van der Waals surface area (Å²) in [5.41, 5.74) is 4.18. The van der Waals surface area contributed by atoms with Crippen molar-refractivity contribution in [3.8, 4) is 0 Å². The summed E-state index contributed by atoms with van der Waals surface area (Å²) in [6.45, 7) is 6.73. The molecule has 0 unspecified atom stereocenters. The Kier molecular flexibility index (Phi) is 2.98. The molecule has 0 atom stereocenters. The van der Waals surface area contributed by atoms with Crippen molar-refractivity contribution in [1.29, 1.82) is 0 Å². The highest BCUT2D eigenvalue weighted by Crippen LogP contribution is 2.25. The molecule has 0 N–H and O–H groups in total. The second-order valence-electron chi connectivity index (χ2n) is 5.28. The molecular formula is C15H20N2. The van der Waals surface area contributed by atoms with E-state index in [4.69, 9.17) is 4.99 Å². The van der Waals surface area contributed by atoms with Gasteiger partial charge >= 0.3 is 0 Å². The second kappa shape index (κ2) is 4.61. The van der Waals surface area contributed by atoms with E-state index in [9.17, 15) is 0 Å². The van der Waals surface area contributed by atoms with Gasteiger partial charge in [-0.1, -0.05) is 24.3 Å². The third-order valence-electron chi connectivity index (χ3n) is 4.16. The number of nitrogens with zero attached hydrogens (tertiary/aromatic N) is 2. The average Bonchev–Trinajstić information content (AvgIpc) is 2.39. The summed E-state index contributed by atoms with van der Waals surface area (Å²) >= 11 is 0. The summed E-state index contributed by atoms with van der Waals surface area (Å²) in [7, 11) is 0. The van der Waals surface area contributed by atoms with E-state index >= 15 is 0 Å². The molecule has 2 nitrogen and oxygen atoms in total. The van der Waals surface area contributed by atoms with E-state index in [1.165, 1.54) is 42.8 Å². The van der Waals surface area contributed by atoms with Crippen LogP contribution < -0.4 is 0 Å². The van der Waals surface area contributed by atoms with Gasteiger partial charge in [-0.3, -0.25) is 9.89 Å². The number of hydrogen-bond donors (Lipinski definition) is 0.